The number of unbranched alkanes of at least 4 members (excludes halogenated alkanes) is 19. The molecule has 9 heteroatoms. The van der Waals surface area contributed by atoms with Crippen molar-refractivity contribution < 1.29 is 39.8 Å². The second-order valence-electron chi connectivity index (χ2n) is 19.3. The molecule has 1 fully saturated rings. The predicted molar refractivity (Wildman–Crippen MR) is 304 cm³/mol. The summed E-state index contributed by atoms with van der Waals surface area (Å²) in [7, 11) is 0. The van der Waals surface area contributed by atoms with Gasteiger partial charge in [-0.2, -0.15) is 0 Å². The first kappa shape index (κ1) is 66.6. The summed E-state index contributed by atoms with van der Waals surface area (Å²) in [6.07, 6.45) is 69.9. The highest BCUT2D eigenvalue weighted by Gasteiger charge is 2.44. The fourth-order valence-corrected chi connectivity index (χ4v) is 8.25. The highest BCUT2D eigenvalue weighted by Crippen LogP contribution is 2.23. The van der Waals surface area contributed by atoms with Crippen LogP contribution in [0.3, 0.4) is 0 Å². The number of aliphatic hydroxyl groups excluding tert-OH is 5. The van der Waals surface area contributed by atoms with Gasteiger partial charge in [-0.25, -0.2) is 0 Å². The molecule has 7 unspecified atom stereocenters. The molecule has 0 saturated carbocycles. The SMILES string of the molecule is CC/C=C\C/C=C\C/C=C\C/C=C\C/C=C\C/C=C\C/C=C\C/C=C\CCCCCCCCCCCCCCC(=O)NC(COC1OC(CO)C(O)C(O)C1O)C(O)/C=C/CC/C=C/CCCCCCCC. The molecule has 0 aliphatic carbocycles. The van der Waals surface area contributed by atoms with Crippen LogP contribution < -0.4 is 5.32 Å². The molecule has 1 saturated heterocycles. The maximum absolute atomic E-state index is 13.0. The Morgan fingerprint density at radius 3 is 1.33 bits per heavy atom. The van der Waals surface area contributed by atoms with E-state index in [2.05, 4.69) is 129 Å². The van der Waals surface area contributed by atoms with Crippen molar-refractivity contribution in [1.29, 1.82) is 0 Å². The quantitative estimate of drug-likeness (QED) is 0.0261. The third-order valence-corrected chi connectivity index (χ3v) is 12.8. The van der Waals surface area contributed by atoms with Gasteiger partial charge < -0.3 is 40.3 Å². The van der Waals surface area contributed by atoms with E-state index in [-0.39, 0.29) is 12.5 Å². The van der Waals surface area contributed by atoms with Crippen LogP contribution >= 0.6 is 0 Å². The van der Waals surface area contributed by atoms with Gasteiger partial charge in [-0.3, -0.25) is 4.79 Å². The maximum Gasteiger partial charge on any atom is 0.220 e. The minimum Gasteiger partial charge on any atom is -0.394 e. The summed E-state index contributed by atoms with van der Waals surface area (Å²) in [6.45, 7) is 3.61. The molecule has 1 aliphatic heterocycles. The lowest BCUT2D eigenvalue weighted by molar-refractivity contribution is -0.302. The number of carbonyl (C=O) groups excluding carboxylic acids is 1. The molecule has 1 heterocycles. The molecule has 6 N–H and O–H groups in total. The number of nitrogens with one attached hydrogen (secondary N) is 1. The zero-order valence-corrected chi connectivity index (χ0v) is 45.4. The molecule has 410 valence electrons. The average molecular weight is 1000 g/mol. The number of hydrogen-bond acceptors (Lipinski definition) is 8. The number of amides is 1. The molecule has 9 nitrogen and oxygen atoms in total. The summed E-state index contributed by atoms with van der Waals surface area (Å²) in [4.78, 5) is 13.0. The van der Waals surface area contributed by atoms with Gasteiger partial charge in [0.15, 0.2) is 6.29 Å². The minimum atomic E-state index is -1.58. The van der Waals surface area contributed by atoms with E-state index < -0.39 is 49.5 Å². The van der Waals surface area contributed by atoms with Crippen molar-refractivity contribution in [2.75, 3.05) is 13.2 Å². The summed E-state index contributed by atoms with van der Waals surface area (Å²) >= 11 is 0. The van der Waals surface area contributed by atoms with E-state index in [0.717, 1.165) is 89.9 Å². The molecular weight excluding hydrogens is 899 g/mol. The summed E-state index contributed by atoms with van der Waals surface area (Å²) in [5.74, 6) is -0.195. The lowest BCUT2D eigenvalue weighted by Crippen LogP contribution is -2.60. The minimum absolute atomic E-state index is 0.195. The van der Waals surface area contributed by atoms with E-state index in [1.165, 1.54) is 103 Å². The lowest BCUT2D eigenvalue weighted by Gasteiger charge is -2.40. The highest BCUT2D eigenvalue weighted by atomic mass is 16.7. The average Bonchev–Trinajstić information content (AvgIpc) is 3.38. The van der Waals surface area contributed by atoms with E-state index in [1.54, 1.807) is 6.08 Å². The fraction of sp³-hybridized carbons (Fsp3) is 0.667. The first-order valence-electron chi connectivity index (χ1n) is 28.8. The van der Waals surface area contributed by atoms with E-state index in [0.29, 0.717) is 6.42 Å². The monoisotopic (exact) mass is 1000 g/mol. The fourth-order valence-electron chi connectivity index (χ4n) is 8.25. The van der Waals surface area contributed by atoms with Gasteiger partial charge in [-0.15, -0.1) is 0 Å². The summed E-state index contributed by atoms with van der Waals surface area (Å²) in [5, 5.41) is 54.3. The van der Waals surface area contributed by atoms with Crippen LogP contribution in [0.2, 0.25) is 0 Å². The topological polar surface area (TPSA) is 149 Å². The smallest absolute Gasteiger partial charge is 0.220 e. The molecule has 1 aliphatic rings. The van der Waals surface area contributed by atoms with Gasteiger partial charge in [-0.1, -0.05) is 232 Å². The largest absolute Gasteiger partial charge is 0.394 e. The molecule has 0 aromatic rings. The number of hydrogen-bond donors (Lipinski definition) is 6. The van der Waals surface area contributed by atoms with Crippen molar-refractivity contribution in [3.63, 3.8) is 0 Å². The third kappa shape index (κ3) is 40.0. The van der Waals surface area contributed by atoms with E-state index >= 15 is 0 Å². The van der Waals surface area contributed by atoms with Crippen LogP contribution in [0.1, 0.15) is 213 Å². The lowest BCUT2D eigenvalue weighted by atomic mass is 9.99. The molecule has 0 spiro atoms. The van der Waals surface area contributed by atoms with Crippen molar-refractivity contribution in [2.45, 2.75) is 256 Å². The van der Waals surface area contributed by atoms with Crippen LogP contribution in [0.5, 0.6) is 0 Å². The molecular formula is C63H105NO8. The Balaban J connectivity index is 2.14. The molecule has 0 radical (unpaired) electrons. The Morgan fingerprint density at radius 1 is 0.486 bits per heavy atom. The van der Waals surface area contributed by atoms with Crippen molar-refractivity contribution in [1.82, 2.24) is 5.32 Å². The van der Waals surface area contributed by atoms with Crippen LogP contribution in [-0.2, 0) is 14.3 Å². The number of ether oxygens (including phenoxy) is 2. The number of rotatable bonds is 47. The molecule has 1 rings (SSSR count). The molecule has 0 bridgehead atoms. The standard InChI is InChI=1S/C63H105NO8/c1-3-5-7-9-11-13-15-17-18-19-20-21-22-23-24-25-26-27-28-29-30-31-32-33-34-35-36-37-38-39-40-41-43-45-47-49-51-53-59(67)64-56(55-71-63-62(70)61(69)60(68)58(54-65)72-63)57(66)52-50-48-46-44-42-16-14-12-10-8-6-4-2/h5,7,11,13,17-18,20-21,23-24,26-27,29-30,32-33,42,44,50,52,56-58,60-63,65-66,68-70H,3-4,6,8-10,12,14-16,19,22,25,28,31,34-41,43,45-49,51,53-55H2,1-2H3,(H,64,67)/b7-5-,13-11-,18-17-,21-20-,24-23-,27-26-,30-29-,33-32-,44-42+,52-50+. The first-order valence-corrected chi connectivity index (χ1v) is 28.8. The molecule has 7 atom stereocenters. The first-order chi connectivity index (χ1) is 35.3. The van der Waals surface area contributed by atoms with Gasteiger partial charge in [0.25, 0.3) is 0 Å². The van der Waals surface area contributed by atoms with Crippen molar-refractivity contribution in [3.05, 3.63) is 122 Å². The number of carbonyl (C=O) groups is 1. The van der Waals surface area contributed by atoms with Gasteiger partial charge in [0.1, 0.15) is 24.4 Å². The molecule has 0 aromatic heterocycles. The zero-order chi connectivity index (χ0) is 52.2. The zero-order valence-electron chi connectivity index (χ0n) is 45.4. The van der Waals surface area contributed by atoms with Crippen LogP contribution in [-0.4, -0.2) is 87.5 Å². The van der Waals surface area contributed by atoms with Crippen molar-refractivity contribution >= 4 is 5.91 Å². The van der Waals surface area contributed by atoms with Gasteiger partial charge in [-0.05, 0) is 96.3 Å². The second-order valence-corrected chi connectivity index (χ2v) is 19.3. The van der Waals surface area contributed by atoms with Crippen LogP contribution in [0.4, 0.5) is 0 Å². The Bertz CT molecular complexity index is 1540. The molecule has 72 heavy (non-hydrogen) atoms. The summed E-state index contributed by atoms with van der Waals surface area (Å²) in [6, 6.07) is -0.829. The van der Waals surface area contributed by atoms with Gasteiger partial charge >= 0.3 is 0 Å². The van der Waals surface area contributed by atoms with Crippen LogP contribution in [0, 0.1) is 0 Å². The van der Waals surface area contributed by atoms with E-state index in [9.17, 15) is 30.3 Å². The van der Waals surface area contributed by atoms with Crippen molar-refractivity contribution in [3.8, 4) is 0 Å². The Morgan fingerprint density at radius 2 is 0.875 bits per heavy atom. The van der Waals surface area contributed by atoms with Crippen LogP contribution in [0.15, 0.2) is 122 Å². The second kappa shape index (κ2) is 51.1. The Kier molecular flexibility index (Phi) is 47.3. The molecule has 0 aromatic carbocycles. The van der Waals surface area contributed by atoms with E-state index in [4.69, 9.17) is 9.47 Å². The number of allylic oxidation sites excluding steroid dienone is 19. The van der Waals surface area contributed by atoms with Gasteiger partial charge in [0.2, 0.25) is 5.91 Å². The highest BCUT2D eigenvalue weighted by molar-refractivity contribution is 5.76. The number of aliphatic hydroxyl groups is 5. The summed E-state index contributed by atoms with van der Waals surface area (Å²) < 4.78 is 11.2. The van der Waals surface area contributed by atoms with Gasteiger partial charge in [0.05, 0.1) is 25.4 Å². The van der Waals surface area contributed by atoms with E-state index in [1.807, 2.05) is 6.08 Å². The Hall–Kier alpha value is -3.41. The normalized spacial score (nSPS) is 20.1. The predicted octanol–water partition coefficient (Wildman–Crippen LogP) is 14.3. The Labute approximate surface area is 439 Å². The summed E-state index contributed by atoms with van der Waals surface area (Å²) in [5.41, 5.74) is 0. The molecule has 1 amide bonds. The maximum atomic E-state index is 13.0. The van der Waals surface area contributed by atoms with Gasteiger partial charge in [0, 0.05) is 6.42 Å². The van der Waals surface area contributed by atoms with Crippen molar-refractivity contribution in [2.24, 2.45) is 0 Å². The van der Waals surface area contributed by atoms with Crippen LogP contribution in [0.25, 0.3) is 0 Å². The third-order valence-electron chi connectivity index (χ3n) is 12.8.